The molecule has 5 N–H and O–H groups in total. The fourth-order valence-corrected chi connectivity index (χ4v) is 4.16. The molecule has 0 spiro atoms. The Morgan fingerprint density at radius 3 is 2.50 bits per heavy atom. The van der Waals surface area contributed by atoms with Crippen molar-refractivity contribution in [2.45, 2.75) is 51.7 Å². The molecule has 0 aliphatic carbocycles. The highest BCUT2D eigenvalue weighted by Crippen LogP contribution is 2.29. The number of primary amides is 1. The fourth-order valence-electron chi connectivity index (χ4n) is 4.16. The van der Waals surface area contributed by atoms with Gasteiger partial charge in [0.05, 0.1) is 12.1 Å². The molecule has 1 aromatic carbocycles. The molecule has 0 radical (unpaired) electrons. The first-order valence-corrected chi connectivity index (χ1v) is 10.4. The zero-order valence-electron chi connectivity index (χ0n) is 18.5. The van der Waals surface area contributed by atoms with Crippen LogP contribution >= 0.6 is 24.8 Å². The number of likely N-dealkylation sites (tertiary alicyclic amines) is 1. The van der Waals surface area contributed by atoms with Crippen LogP contribution in [0.1, 0.15) is 36.6 Å². The van der Waals surface area contributed by atoms with Gasteiger partial charge in [0.1, 0.15) is 5.82 Å². The summed E-state index contributed by atoms with van der Waals surface area (Å²) in [5.74, 6) is 0.303. The molecule has 2 amide bonds. The van der Waals surface area contributed by atoms with Crippen LogP contribution in [0.25, 0.3) is 0 Å². The highest BCUT2D eigenvalue weighted by atomic mass is 35.5. The number of hydrogen-bond donors (Lipinski definition) is 3. The second-order valence-corrected chi connectivity index (χ2v) is 8.12. The Hall–Kier alpha value is -2.35. The minimum Gasteiger partial charge on any atom is -0.384 e. The number of pyridine rings is 1. The number of carbonyl (C=O) groups excluding carboxylic acids is 2. The molecule has 7 nitrogen and oxygen atoms in total. The number of rotatable bonds is 8. The maximum Gasteiger partial charge on any atom is 0.237 e. The minimum atomic E-state index is -0.439. The first kappa shape index (κ1) is 27.7. The molecule has 1 fully saturated rings. The molecular formula is C23H33Cl2N5O2. The average molecular weight is 482 g/mol. The lowest BCUT2D eigenvalue weighted by atomic mass is 9.97. The molecule has 1 aromatic heterocycles. The van der Waals surface area contributed by atoms with Gasteiger partial charge in [-0.2, -0.15) is 0 Å². The highest BCUT2D eigenvalue weighted by Gasteiger charge is 2.39. The molecule has 2 unspecified atom stereocenters. The van der Waals surface area contributed by atoms with E-state index in [1.807, 2.05) is 43.0 Å². The van der Waals surface area contributed by atoms with Gasteiger partial charge in [-0.3, -0.25) is 14.5 Å². The lowest BCUT2D eigenvalue weighted by Gasteiger charge is -2.28. The van der Waals surface area contributed by atoms with Gasteiger partial charge >= 0.3 is 0 Å². The van der Waals surface area contributed by atoms with Crippen molar-refractivity contribution in [1.82, 2.24) is 15.2 Å². The number of nitrogens with zero attached hydrogens (tertiary/aromatic N) is 2. The molecule has 3 atom stereocenters. The molecule has 32 heavy (non-hydrogen) atoms. The van der Waals surface area contributed by atoms with Gasteiger partial charge in [0.15, 0.2) is 0 Å². The van der Waals surface area contributed by atoms with Crippen LogP contribution in [0.15, 0.2) is 42.5 Å². The maximum absolute atomic E-state index is 12.8. The maximum atomic E-state index is 12.8. The van der Waals surface area contributed by atoms with Gasteiger partial charge in [0, 0.05) is 18.8 Å². The minimum absolute atomic E-state index is 0. The van der Waals surface area contributed by atoms with Gasteiger partial charge in [0.25, 0.3) is 0 Å². The van der Waals surface area contributed by atoms with E-state index >= 15 is 0 Å². The lowest BCUT2D eigenvalue weighted by molar-refractivity contribution is -0.129. The number of aryl methyl sites for hydroxylation is 2. The smallest absolute Gasteiger partial charge is 0.237 e. The summed E-state index contributed by atoms with van der Waals surface area (Å²) in [5.41, 5.74) is 14.3. The second kappa shape index (κ2) is 12.6. The Bertz CT molecular complexity index is 897. The molecule has 1 aliphatic heterocycles. The van der Waals surface area contributed by atoms with Gasteiger partial charge in [-0.05, 0) is 56.2 Å². The summed E-state index contributed by atoms with van der Waals surface area (Å²) < 4.78 is 0. The monoisotopic (exact) mass is 481 g/mol. The van der Waals surface area contributed by atoms with Crippen LogP contribution in [-0.4, -0.2) is 40.3 Å². The number of nitrogens with two attached hydrogens (primary N) is 2. The molecule has 1 aliphatic rings. The molecule has 1 saturated heterocycles. The van der Waals surface area contributed by atoms with Crippen molar-refractivity contribution >= 4 is 42.4 Å². The van der Waals surface area contributed by atoms with Crippen molar-refractivity contribution in [2.75, 3.05) is 12.3 Å². The van der Waals surface area contributed by atoms with E-state index in [0.29, 0.717) is 31.2 Å². The Morgan fingerprint density at radius 1 is 1.19 bits per heavy atom. The third-order valence-corrected chi connectivity index (χ3v) is 5.99. The SMILES string of the molecule is Cc1nc(N)ccc1CNC(=O)[C@H](C)N1CC(CCc2ccccc2)CC1C(N)=O.Cl.Cl. The summed E-state index contributed by atoms with van der Waals surface area (Å²) >= 11 is 0. The summed E-state index contributed by atoms with van der Waals surface area (Å²) in [5, 5.41) is 2.95. The molecule has 0 saturated carbocycles. The molecule has 3 rings (SSSR count). The van der Waals surface area contributed by atoms with Crippen LogP contribution in [0, 0.1) is 12.8 Å². The summed E-state index contributed by atoms with van der Waals surface area (Å²) in [6, 6.07) is 13.0. The number of aromatic nitrogens is 1. The van der Waals surface area contributed by atoms with Gasteiger partial charge in [0.2, 0.25) is 11.8 Å². The third kappa shape index (κ3) is 7.08. The Kier molecular flexibility index (Phi) is 10.9. The van der Waals surface area contributed by atoms with Crippen LogP contribution in [0.4, 0.5) is 5.82 Å². The molecule has 2 aromatic rings. The van der Waals surface area contributed by atoms with Crippen LogP contribution < -0.4 is 16.8 Å². The Labute approximate surface area is 202 Å². The van der Waals surface area contributed by atoms with Gasteiger partial charge in [-0.25, -0.2) is 4.98 Å². The number of hydrogen-bond acceptors (Lipinski definition) is 5. The van der Waals surface area contributed by atoms with Crippen LogP contribution in [0.5, 0.6) is 0 Å². The van der Waals surface area contributed by atoms with E-state index in [2.05, 4.69) is 22.4 Å². The van der Waals surface area contributed by atoms with Crippen molar-refractivity contribution in [1.29, 1.82) is 0 Å². The van der Waals surface area contributed by atoms with Crippen molar-refractivity contribution in [3.05, 3.63) is 59.3 Å². The zero-order chi connectivity index (χ0) is 21.7. The van der Waals surface area contributed by atoms with Crippen LogP contribution in [0.3, 0.4) is 0 Å². The Morgan fingerprint density at radius 2 is 1.88 bits per heavy atom. The second-order valence-electron chi connectivity index (χ2n) is 8.12. The van der Waals surface area contributed by atoms with E-state index in [-0.39, 0.29) is 36.6 Å². The van der Waals surface area contributed by atoms with Gasteiger partial charge in [-0.15, -0.1) is 24.8 Å². The van der Waals surface area contributed by atoms with Crippen LogP contribution in [0.2, 0.25) is 0 Å². The molecular weight excluding hydrogens is 449 g/mol. The normalized spacial score (nSPS) is 18.8. The van der Waals surface area contributed by atoms with E-state index in [1.54, 1.807) is 6.07 Å². The standard InChI is InChI=1S/C23H31N5O2.2ClH/c1-15-19(10-11-21(24)27-15)13-26-23(30)16(2)28-14-18(12-20(28)22(25)29)9-8-17-6-4-3-5-7-17;;/h3-7,10-11,16,18,20H,8-9,12-14H2,1-2H3,(H2,24,27)(H2,25,29)(H,26,30);2*1H/t16-,18?,20?;;/m0../s1. The lowest BCUT2D eigenvalue weighted by Crippen LogP contribution is -2.51. The average Bonchev–Trinajstić information content (AvgIpc) is 3.16. The summed E-state index contributed by atoms with van der Waals surface area (Å²) in [6.45, 7) is 4.76. The van der Waals surface area contributed by atoms with Crippen molar-refractivity contribution in [3.8, 4) is 0 Å². The zero-order valence-corrected chi connectivity index (χ0v) is 20.1. The van der Waals surface area contributed by atoms with E-state index in [0.717, 1.165) is 24.1 Å². The molecule has 0 bridgehead atoms. The van der Waals surface area contributed by atoms with Gasteiger partial charge < -0.3 is 16.8 Å². The summed E-state index contributed by atoms with van der Waals surface area (Å²) in [6.07, 6.45) is 2.62. The quantitative estimate of drug-likeness (QED) is 0.535. The fraction of sp³-hybridized carbons (Fsp3) is 0.435. The summed E-state index contributed by atoms with van der Waals surface area (Å²) in [7, 11) is 0. The number of carbonyl (C=O) groups is 2. The van der Waals surface area contributed by atoms with E-state index in [4.69, 9.17) is 11.5 Å². The number of nitrogen functional groups attached to an aromatic ring is 1. The number of nitrogens with one attached hydrogen (secondary N) is 1. The topological polar surface area (TPSA) is 114 Å². The third-order valence-electron chi connectivity index (χ3n) is 5.99. The predicted octanol–water partition coefficient (Wildman–Crippen LogP) is 2.63. The number of amides is 2. The molecule has 176 valence electrons. The van der Waals surface area contributed by atoms with E-state index in [1.165, 1.54) is 5.56 Å². The van der Waals surface area contributed by atoms with Crippen molar-refractivity contribution in [3.63, 3.8) is 0 Å². The highest BCUT2D eigenvalue weighted by molar-refractivity contribution is 5.86. The molecule has 2 heterocycles. The largest absolute Gasteiger partial charge is 0.384 e. The summed E-state index contributed by atoms with van der Waals surface area (Å²) in [4.78, 5) is 31.0. The first-order valence-electron chi connectivity index (χ1n) is 10.4. The Balaban J connectivity index is 0.00000256. The van der Waals surface area contributed by atoms with Crippen molar-refractivity contribution in [2.24, 2.45) is 11.7 Å². The van der Waals surface area contributed by atoms with E-state index in [9.17, 15) is 9.59 Å². The number of anilines is 1. The number of benzene rings is 1. The van der Waals surface area contributed by atoms with Gasteiger partial charge in [-0.1, -0.05) is 36.4 Å². The predicted molar refractivity (Wildman–Crippen MR) is 132 cm³/mol. The van der Waals surface area contributed by atoms with Crippen LogP contribution in [-0.2, 0) is 22.6 Å². The van der Waals surface area contributed by atoms with Crippen molar-refractivity contribution < 1.29 is 9.59 Å². The molecule has 9 heteroatoms. The van der Waals surface area contributed by atoms with E-state index < -0.39 is 12.1 Å². The number of halogens is 2. The first-order chi connectivity index (χ1) is 14.3.